The van der Waals surface area contributed by atoms with E-state index in [0.717, 1.165) is 6.42 Å². The maximum atomic E-state index is 12.2. The van der Waals surface area contributed by atoms with Crippen LogP contribution < -0.4 is 15.4 Å². The Balaban J connectivity index is 1.78. The molecule has 2 aromatic rings. The second-order valence-corrected chi connectivity index (χ2v) is 6.71. The number of carbonyl (C=O) groups excluding carboxylic acids is 3. The van der Waals surface area contributed by atoms with E-state index in [0.29, 0.717) is 29.3 Å². The van der Waals surface area contributed by atoms with E-state index < -0.39 is 5.97 Å². The fourth-order valence-corrected chi connectivity index (χ4v) is 2.59. The standard InChI is InChI=1S/C22H27N3O5/c1-4-13-30-22(28)16-5-7-17(8-6-16)23-20(26)14-25(2)15-21(27)24-18-9-11-19(29-3)12-10-18/h5-12H,4,13-15H2,1-3H3,(H,23,26)(H,24,27). The number of amides is 2. The van der Waals surface area contributed by atoms with Gasteiger partial charge in [-0.1, -0.05) is 6.92 Å². The minimum atomic E-state index is -0.391. The van der Waals surface area contributed by atoms with Gasteiger partial charge in [0.25, 0.3) is 0 Å². The van der Waals surface area contributed by atoms with Gasteiger partial charge in [-0.05, 0) is 62.0 Å². The maximum absolute atomic E-state index is 12.2. The van der Waals surface area contributed by atoms with Crippen LogP contribution in [0.5, 0.6) is 5.75 Å². The molecule has 2 rings (SSSR count). The Morgan fingerprint density at radius 2 is 1.37 bits per heavy atom. The summed E-state index contributed by atoms with van der Waals surface area (Å²) in [5.41, 5.74) is 1.63. The number of benzene rings is 2. The lowest BCUT2D eigenvalue weighted by Gasteiger charge is -2.16. The molecule has 0 bridgehead atoms. The van der Waals surface area contributed by atoms with Gasteiger partial charge in [-0.2, -0.15) is 0 Å². The fourth-order valence-electron chi connectivity index (χ4n) is 2.59. The molecular formula is C22H27N3O5. The Hall–Kier alpha value is -3.39. The van der Waals surface area contributed by atoms with Crippen molar-refractivity contribution in [1.29, 1.82) is 0 Å². The molecule has 2 aromatic carbocycles. The van der Waals surface area contributed by atoms with Crippen LogP contribution in [-0.4, -0.2) is 56.5 Å². The Bertz CT molecular complexity index is 850. The lowest BCUT2D eigenvalue weighted by Crippen LogP contribution is -2.36. The predicted molar refractivity (Wildman–Crippen MR) is 115 cm³/mol. The van der Waals surface area contributed by atoms with Crippen molar-refractivity contribution in [3.63, 3.8) is 0 Å². The van der Waals surface area contributed by atoms with Gasteiger partial charge in [-0.25, -0.2) is 4.79 Å². The van der Waals surface area contributed by atoms with Gasteiger partial charge in [0.05, 0.1) is 32.4 Å². The van der Waals surface area contributed by atoms with Crippen LogP contribution >= 0.6 is 0 Å². The van der Waals surface area contributed by atoms with Crippen LogP contribution in [0.3, 0.4) is 0 Å². The zero-order chi connectivity index (χ0) is 21.9. The number of hydrogen-bond acceptors (Lipinski definition) is 6. The Labute approximate surface area is 176 Å². The predicted octanol–water partition coefficient (Wildman–Crippen LogP) is 2.77. The average Bonchev–Trinajstić information content (AvgIpc) is 2.72. The smallest absolute Gasteiger partial charge is 0.338 e. The molecule has 8 heteroatoms. The first-order valence-corrected chi connectivity index (χ1v) is 9.60. The molecule has 0 saturated heterocycles. The number of esters is 1. The second-order valence-electron chi connectivity index (χ2n) is 6.71. The number of nitrogens with zero attached hydrogens (tertiary/aromatic N) is 1. The minimum absolute atomic E-state index is 0.0380. The molecule has 0 saturated carbocycles. The Morgan fingerprint density at radius 3 is 1.83 bits per heavy atom. The van der Waals surface area contributed by atoms with Crippen LogP contribution in [0.2, 0.25) is 0 Å². The van der Waals surface area contributed by atoms with E-state index in [4.69, 9.17) is 9.47 Å². The third kappa shape index (κ3) is 7.56. The number of rotatable bonds is 10. The van der Waals surface area contributed by atoms with Crippen LogP contribution in [-0.2, 0) is 14.3 Å². The van der Waals surface area contributed by atoms with Gasteiger partial charge in [0.1, 0.15) is 5.75 Å². The van der Waals surface area contributed by atoms with Crippen molar-refractivity contribution in [3.05, 3.63) is 54.1 Å². The molecule has 0 unspecified atom stereocenters. The number of ether oxygens (including phenoxy) is 2. The van der Waals surface area contributed by atoms with Crippen LogP contribution in [0.15, 0.2) is 48.5 Å². The van der Waals surface area contributed by atoms with Crippen molar-refractivity contribution in [1.82, 2.24) is 4.90 Å². The summed E-state index contributed by atoms with van der Waals surface area (Å²) in [5.74, 6) is -0.188. The highest BCUT2D eigenvalue weighted by atomic mass is 16.5. The quantitative estimate of drug-likeness (QED) is 0.582. The third-order valence-corrected chi connectivity index (χ3v) is 4.04. The monoisotopic (exact) mass is 413 g/mol. The zero-order valence-electron chi connectivity index (χ0n) is 17.4. The number of anilines is 2. The molecule has 160 valence electrons. The summed E-state index contributed by atoms with van der Waals surface area (Å²) < 4.78 is 10.1. The maximum Gasteiger partial charge on any atom is 0.338 e. The van der Waals surface area contributed by atoms with Gasteiger partial charge in [-0.15, -0.1) is 0 Å². The van der Waals surface area contributed by atoms with Gasteiger partial charge in [-0.3, -0.25) is 14.5 Å². The number of methoxy groups -OCH3 is 1. The molecular weight excluding hydrogens is 386 g/mol. The first-order valence-electron chi connectivity index (χ1n) is 9.60. The highest BCUT2D eigenvalue weighted by molar-refractivity contribution is 5.95. The summed E-state index contributed by atoms with van der Waals surface area (Å²) >= 11 is 0. The van der Waals surface area contributed by atoms with E-state index in [1.54, 1.807) is 67.6 Å². The van der Waals surface area contributed by atoms with Crippen molar-refractivity contribution < 1.29 is 23.9 Å². The lowest BCUT2D eigenvalue weighted by atomic mass is 10.2. The van der Waals surface area contributed by atoms with Crippen molar-refractivity contribution >= 4 is 29.2 Å². The summed E-state index contributed by atoms with van der Waals surface area (Å²) in [6, 6.07) is 13.5. The second kappa shape index (κ2) is 11.6. The number of hydrogen-bond donors (Lipinski definition) is 2. The lowest BCUT2D eigenvalue weighted by molar-refractivity contribution is -0.119. The number of carbonyl (C=O) groups is 3. The zero-order valence-corrected chi connectivity index (χ0v) is 17.4. The van der Waals surface area contributed by atoms with Crippen LogP contribution in [0.1, 0.15) is 23.7 Å². The van der Waals surface area contributed by atoms with E-state index in [1.807, 2.05) is 6.92 Å². The Morgan fingerprint density at radius 1 is 0.867 bits per heavy atom. The highest BCUT2D eigenvalue weighted by Crippen LogP contribution is 2.15. The molecule has 0 fully saturated rings. The summed E-state index contributed by atoms with van der Waals surface area (Å²) in [6.45, 7) is 2.39. The molecule has 30 heavy (non-hydrogen) atoms. The van der Waals surface area contributed by atoms with Crippen molar-refractivity contribution in [3.8, 4) is 5.75 Å². The molecule has 0 radical (unpaired) electrons. The van der Waals surface area contributed by atoms with Crippen LogP contribution in [0, 0.1) is 0 Å². The number of likely N-dealkylation sites (N-methyl/N-ethyl adjacent to an activating group) is 1. The molecule has 0 atom stereocenters. The molecule has 0 aliphatic carbocycles. The molecule has 2 amide bonds. The van der Waals surface area contributed by atoms with Gasteiger partial charge < -0.3 is 20.1 Å². The van der Waals surface area contributed by atoms with E-state index in [1.165, 1.54) is 0 Å². The van der Waals surface area contributed by atoms with Crippen molar-refractivity contribution in [2.24, 2.45) is 0 Å². The molecule has 0 spiro atoms. The van der Waals surface area contributed by atoms with Gasteiger partial charge in [0, 0.05) is 11.4 Å². The molecule has 0 aliphatic rings. The molecule has 0 aliphatic heterocycles. The topological polar surface area (TPSA) is 97.0 Å². The summed E-state index contributed by atoms with van der Waals surface area (Å²) in [5, 5.41) is 5.51. The summed E-state index contributed by atoms with van der Waals surface area (Å²) in [4.78, 5) is 37.7. The van der Waals surface area contributed by atoms with E-state index >= 15 is 0 Å². The first-order chi connectivity index (χ1) is 14.4. The average molecular weight is 413 g/mol. The highest BCUT2D eigenvalue weighted by Gasteiger charge is 2.12. The third-order valence-electron chi connectivity index (χ3n) is 4.04. The molecule has 2 N–H and O–H groups in total. The molecule has 8 nitrogen and oxygen atoms in total. The van der Waals surface area contributed by atoms with E-state index in [9.17, 15) is 14.4 Å². The van der Waals surface area contributed by atoms with E-state index in [-0.39, 0.29) is 24.9 Å². The SMILES string of the molecule is CCCOC(=O)c1ccc(NC(=O)CN(C)CC(=O)Nc2ccc(OC)cc2)cc1. The van der Waals surface area contributed by atoms with Crippen LogP contribution in [0.4, 0.5) is 11.4 Å². The number of nitrogens with one attached hydrogen (secondary N) is 2. The van der Waals surface area contributed by atoms with Gasteiger partial charge in [0.15, 0.2) is 0 Å². The van der Waals surface area contributed by atoms with Crippen molar-refractivity contribution in [2.45, 2.75) is 13.3 Å². The summed E-state index contributed by atoms with van der Waals surface area (Å²) in [6.07, 6.45) is 0.755. The van der Waals surface area contributed by atoms with Crippen LogP contribution in [0.25, 0.3) is 0 Å². The first kappa shape index (κ1) is 22.9. The molecule has 0 heterocycles. The summed E-state index contributed by atoms with van der Waals surface area (Å²) in [7, 11) is 3.25. The minimum Gasteiger partial charge on any atom is -0.497 e. The van der Waals surface area contributed by atoms with Gasteiger partial charge in [0.2, 0.25) is 11.8 Å². The fraction of sp³-hybridized carbons (Fsp3) is 0.318. The van der Waals surface area contributed by atoms with Crippen molar-refractivity contribution in [2.75, 3.05) is 44.5 Å². The largest absolute Gasteiger partial charge is 0.497 e. The Kier molecular flexibility index (Phi) is 8.83. The van der Waals surface area contributed by atoms with E-state index in [2.05, 4.69) is 10.6 Å². The molecule has 0 aromatic heterocycles. The van der Waals surface area contributed by atoms with Gasteiger partial charge >= 0.3 is 5.97 Å². The normalized spacial score (nSPS) is 10.4.